The van der Waals surface area contributed by atoms with Gasteiger partial charge in [0.15, 0.2) is 11.5 Å². The van der Waals surface area contributed by atoms with Crippen LogP contribution in [0.2, 0.25) is 0 Å². The van der Waals surface area contributed by atoms with Crippen molar-refractivity contribution in [2.75, 3.05) is 26.7 Å². The molecule has 1 heterocycles. The molecule has 3 rings (SSSR count). The number of piperidine rings is 1. The Morgan fingerprint density at radius 2 is 1.78 bits per heavy atom. The highest BCUT2D eigenvalue weighted by atomic mass is 19.1. The van der Waals surface area contributed by atoms with Gasteiger partial charge in [-0.25, -0.2) is 4.39 Å². The van der Waals surface area contributed by atoms with Gasteiger partial charge < -0.3 is 35.2 Å². The monoisotopic (exact) mass is 515 g/mol. The van der Waals surface area contributed by atoms with E-state index in [9.17, 15) is 19.7 Å². The Bertz CT molecular complexity index is 1030. The summed E-state index contributed by atoms with van der Waals surface area (Å²) in [5.74, 6) is -0.200. The lowest BCUT2D eigenvalue weighted by Crippen LogP contribution is -2.45. The van der Waals surface area contributed by atoms with Crippen LogP contribution >= 0.6 is 0 Å². The predicted molar refractivity (Wildman–Crippen MR) is 144 cm³/mol. The number of nitrogens with one attached hydrogen (secondary N) is 1. The number of allylic oxidation sites excluding steroid dienone is 1. The van der Waals surface area contributed by atoms with Crippen LogP contribution in [-0.4, -0.2) is 57.9 Å². The maximum absolute atomic E-state index is 13.6. The van der Waals surface area contributed by atoms with Gasteiger partial charge in [0.1, 0.15) is 5.82 Å². The number of likely N-dealkylation sites (tertiary alicyclic amines) is 1. The van der Waals surface area contributed by atoms with Crippen molar-refractivity contribution >= 4 is 0 Å². The second-order valence-corrected chi connectivity index (χ2v) is 10.3. The summed E-state index contributed by atoms with van der Waals surface area (Å²) in [6.45, 7) is 10.8. The normalized spacial score (nSPS) is 15.3. The van der Waals surface area contributed by atoms with Crippen molar-refractivity contribution in [2.45, 2.75) is 66.1 Å². The van der Waals surface area contributed by atoms with Gasteiger partial charge in [0.2, 0.25) is 11.5 Å². The smallest absolute Gasteiger partial charge is 0.207 e. The third kappa shape index (κ3) is 7.22. The van der Waals surface area contributed by atoms with E-state index < -0.39 is 5.75 Å². The molecule has 1 fully saturated rings. The van der Waals surface area contributed by atoms with E-state index in [4.69, 9.17) is 4.74 Å². The first-order valence-electron chi connectivity index (χ1n) is 13.1. The van der Waals surface area contributed by atoms with E-state index in [-0.39, 0.29) is 41.6 Å². The second kappa shape index (κ2) is 12.9. The molecule has 2 aromatic rings. The minimum absolute atomic E-state index is 0.0963. The Hall–Kier alpha value is -3.13. The first kappa shape index (κ1) is 28.4. The third-order valence-corrected chi connectivity index (χ3v) is 6.86. The molecule has 8 heteroatoms. The molecule has 0 bridgehead atoms. The number of benzene rings is 2. The van der Waals surface area contributed by atoms with Crippen LogP contribution < -0.4 is 10.1 Å². The van der Waals surface area contributed by atoms with Gasteiger partial charge >= 0.3 is 0 Å². The van der Waals surface area contributed by atoms with Crippen LogP contribution in [0.25, 0.3) is 0 Å². The molecule has 1 aliphatic heterocycles. The SMILES string of the molecule is CC/C=C(/NCc1c(C)c(O)c(OCC(C)C)c(O)c1O)N(Cc1ccc(F)cc1)C1CCN(C)CC1. The van der Waals surface area contributed by atoms with E-state index in [2.05, 4.69) is 35.2 Å². The van der Waals surface area contributed by atoms with E-state index in [0.717, 1.165) is 43.7 Å². The maximum atomic E-state index is 13.6. The van der Waals surface area contributed by atoms with E-state index in [1.54, 1.807) is 6.92 Å². The minimum Gasteiger partial charge on any atom is -0.504 e. The molecule has 0 amide bonds. The van der Waals surface area contributed by atoms with Crippen LogP contribution in [0.15, 0.2) is 36.2 Å². The number of rotatable bonds is 11. The number of phenolic OH excluding ortho intramolecular Hbond substituents is 3. The first-order valence-corrected chi connectivity index (χ1v) is 13.1. The summed E-state index contributed by atoms with van der Waals surface area (Å²) < 4.78 is 19.1. The molecule has 0 spiro atoms. The van der Waals surface area contributed by atoms with Gasteiger partial charge in [-0.3, -0.25) is 0 Å². The maximum Gasteiger partial charge on any atom is 0.207 e. The van der Waals surface area contributed by atoms with Crippen molar-refractivity contribution in [2.24, 2.45) is 5.92 Å². The van der Waals surface area contributed by atoms with Crippen molar-refractivity contribution in [1.29, 1.82) is 0 Å². The summed E-state index contributed by atoms with van der Waals surface area (Å²) in [4.78, 5) is 4.63. The largest absolute Gasteiger partial charge is 0.504 e. The number of hydrogen-bond acceptors (Lipinski definition) is 7. The quantitative estimate of drug-likeness (QED) is 0.241. The first-order chi connectivity index (χ1) is 17.6. The fourth-order valence-electron chi connectivity index (χ4n) is 4.62. The average Bonchev–Trinajstić information content (AvgIpc) is 2.87. The molecule has 0 unspecified atom stereocenters. The fourth-order valence-corrected chi connectivity index (χ4v) is 4.62. The summed E-state index contributed by atoms with van der Waals surface area (Å²) in [7, 11) is 2.13. The number of ether oxygens (including phenoxy) is 1. The zero-order valence-electron chi connectivity index (χ0n) is 22.7. The Morgan fingerprint density at radius 3 is 2.38 bits per heavy atom. The van der Waals surface area contributed by atoms with Gasteiger partial charge in [-0.2, -0.15) is 0 Å². The lowest BCUT2D eigenvalue weighted by atomic mass is 10.0. The van der Waals surface area contributed by atoms with Crippen LogP contribution in [0.3, 0.4) is 0 Å². The van der Waals surface area contributed by atoms with Crippen LogP contribution in [0.1, 0.15) is 56.7 Å². The Balaban J connectivity index is 1.88. The van der Waals surface area contributed by atoms with Gasteiger partial charge in [-0.05, 0) is 76.0 Å². The molecule has 37 heavy (non-hydrogen) atoms. The fraction of sp³-hybridized carbons (Fsp3) is 0.517. The van der Waals surface area contributed by atoms with E-state index in [0.29, 0.717) is 24.3 Å². The molecule has 7 nitrogen and oxygen atoms in total. The minimum atomic E-state index is -0.458. The zero-order chi connectivity index (χ0) is 27.1. The summed E-state index contributed by atoms with van der Waals surface area (Å²) in [5, 5.41) is 35.6. The van der Waals surface area contributed by atoms with Crippen LogP contribution in [0, 0.1) is 18.7 Å². The molecule has 2 aromatic carbocycles. The molecule has 1 saturated heterocycles. The van der Waals surface area contributed by atoms with Crippen molar-refractivity contribution in [3.63, 3.8) is 0 Å². The summed E-state index contributed by atoms with van der Waals surface area (Å²) in [5.41, 5.74) is 1.85. The lowest BCUT2D eigenvalue weighted by molar-refractivity contribution is 0.137. The second-order valence-electron chi connectivity index (χ2n) is 10.3. The molecule has 1 aliphatic rings. The Kier molecular flexibility index (Phi) is 9.92. The molecule has 0 aliphatic carbocycles. The van der Waals surface area contributed by atoms with E-state index >= 15 is 0 Å². The van der Waals surface area contributed by atoms with E-state index in [1.807, 2.05) is 26.0 Å². The van der Waals surface area contributed by atoms with Crippen LogP contribution in [0.4, 0.5) is 4.39 Å². The molecular weight excluding hydrogens is 473 g/mol. The number of nitrogens with zero attached hydrogens (tertiary/aromatic N) is 2. The van der Waals surface area contributed by atoms with Gasteiger partial charge in [0, 0.05) is 30.3 Å². The number of halogens is 1. The highest BCUT2D eigenvalue weighted by Gasteiger charge is 2.27. The Morgan fingerprint density at radius 1 is 1.14 bits per heavy atom. The van der Waals surface area contributed by atoms with Crippen molar-refractivity contribution in [3.8, 4) is 23.0 Å². The summed E-state index contributed by atoms with van der Waals surface area (Å²) >= 11 is 0. The van der Waals surface area contributed by atoms with Gasteiger partial charge in [0.05, 0.1) is 12.4 Å². The molecule has 4 N–H and O–H groups in total. The summed E-state index contributed by atoms with van der Waals surface area (Å²) in [6, 6.07) is 6.87. The number of hydrogen-bond donors (Lipinski definition) is 4. The molecule has 0 aromatic heterocycles. The average molecular weight is 516 g/mol. The van der Waals surface area contributed by atoms with Gasteiger partial charge in [-0.15, -0.1) is 0 Å². The topological polar surface area (TPSA) is 88.4 Å². The number of phenols is 3. The van der Waals surface area contributed by atoms with Crippen LogP contribution in [0.5, 0.6) is 23.0 Å². The lowest BCUT2D eigenvalue weighted by Gasteiger charge is -2.40. The standard InChI is InChI=1S/C29H42FN3O4/c1-6-7-25(31-16-24-20(4)26(34)29(28(36)27(24)35)37-18-19(2)3)33(23-12-14-32(5)15-13-23)17-21-8-10-22(30)11-9-21/h7-11,19,23,31,34-36H,6,12-18H2,1-5H3/b25-7-. The molecular formula is C29H42FN3O4. The van der Waals surface area contributed by atoms with Crippen LogP contribution in [-0.2, 0) is 13.1 Å². The molecule has 204 valence electrons. The van der Waals surface area contributed by atoms with E-state index in [1.165, 1.54) is 12.1 Å². The zero-order valence-corrected chi connectivity index (χ0v) is 22.7. The molecule has 0 atom stereocenters. The Labute approximate surface area is 220 Å². The van der Waals surface area contributed by atoms with Gasteiger partial charge in [0.25, 0.3) is 0 Å². The molecule has 0 radical (unpaired) electrons. The predicted octanol–water partition coefficient (Wildman–Crippen LogP) is 5.22. The van der Waals surface area contributed by atoms with Crippen molar-refractivity contribution in [3.05, 3.63) is 58.7 Å². The highest BCUT2D eigenvalue weighted by Crippen LogP contribution is 2.48. The summed E-state index contributed by atoms with van der Waals surface area (Å²) in [6.07, 6.45) is 4.88. The highest BCUT2D eigenvalue weighted by molar-refractivity contribution is 5.65. The van der Waals surface area contributed by atoms with Gasteiger partial charge in [-0.1, -0.05) is 32.9 Å². The third-order valence-electron chi connectivity index (χ3n) is 6.86. The molecule has 0 saturated carbocycles. The number of aromatic hydroxyl groups is 3. The van der Waals surface area contributed by atoms with Crippen molar-refractivity contribution in [1.82, 2.24) is 15.1 Å². The van der Waals surface area contributed by atoms with Crippen molar-refractivity contribution < 1.29 is 24.4 Å².